The lowest BCUT2D eigenvalue weighted by Gasteiger charge is -2.29. The van der Waals surface area contributed by atoms with Crippen LogP contribution < -0.4 is 4.72 Å². The molecule has 0 bridgehead atoms. The third-order valence-corrected chi connectivity index (χ3v) is 3.88. The maximum Gasteiger partial charge on any atom is 0.307 e. The molecule has 1 heterocycles. The molecule has 0 aliphatic heterocycles. The lowest BCUT2D eigenvalue weighted by atomic mass is 10.2. The van der Waals surface area contributed by atoms with Gasteiger partial charge in [-0.25, -0.2) is 8.96 Å². The van der Waals surface area contributed by atoms with Crippen LogP contribution in [-0.4, -0.2) is 68.7 Å². The molecule has 0 aliphatic carbocycles. The first kappa shape index (κ1) is 16.6. The first-order chi connectivity index (χ1) is 9.14. The van der Waals surface area contributed by atoms with E-state index in [0.29, 0.717) is 11.0 Å². The average Bonchev–Trinajstić information content (AvgIpc) is 2.79. The molecule has 9 heteroatoms. The first-order valence-electron chi connectivity index (χ1n) is 6.02. The third-order valence-electron chi connectivity index (χ3n) is 2.48. The average molecular weight is 305 g/mol. The van der Waals surface area contributed by atoms with Gasteiger partial charge in [0, 0.05) is 12.4 Å². The van der Waals surface area contributed by atoms with Crippen LogP contribution >= 0.6 is 0 Å². The molecule has 1 atom stereocenters. The highest BCUT2D eigenvalue weighted by molar-refractivity contribution is 7.87. The summed E-state index contributed by atoms with van der Waals surface area (Å²) in [7, 11) is 3.26. The Morgan fingerprint density at radius 3 is 2.55 bits per heavy atom. The van der Waals surface area contributed by atoms with Crippen molar-refractivity contribution in [3.05, 3.63) is 18.7 Å². The van der Waals surface area contributed by atoms with Gasteiger partial charge in [0.25, 0.3) is 0 Å². The summed E-state index contributed by atoms with van der Waals surface area (Å²) in [5.74, 6) is -0.461. The molecule has 0 spiro atoms. The van der Waals surface area contributed by atoms with Crippen LogP contribution in [0.15, 0.2) is 18.7 Å². The molecule has 0 saturated carbocycles. The Kier molecular flexibility index (Phi) is 5.26. The van der Waals surface area contributed by atoms with Crippen LogP contribution in [0.2, 0.25) is 0 Å². The number of carbonyl (C=O) groups is 1. The molecular weight excluding hydrogens is 284 g/mol. The number of methoxy groups -OCH3 is 1. The Morgan fingerprint density at radius 1 is 1.45 bits per heavy atom. The molecule has 0 aliphatic rings. The van der Waals surface area contributed by atoms with Crippen LogP contribution in [0.5, 0.6) is 0 Å². The predicted octanol–water partition coefficient (Wildman–Crippen LogP) is -0.796. The van der Waals surface area contributed by atoms with Crippen LogP contribution in [0.25, 0.3) is 0 Å². The summed E-state index contributed by atoms with van der Waals surface area (Å²) in [4.78, 5) is 15.1. The van der Waals surface area contributed by atoms with Crippen LogP contribution in [0.4, 0.5) is 0 Å². The number of hydrogen-bond acceptors (Lipinski definition) is 5. The number of esters is 1. The Labute approximate surface area is 119 Å². The minimum Gasteiger partial charge on any atom is -0.469 e. The highest BCUT2D eigenvalue weighted by Gasteiger charge is 2.26. The van der Waals surface area contributed by atoms with Crippen LogP contribution in [0, 0.1) is 0 Å². The van der Waals surface area contributed by atoms with Gasteiger partial charge in [0.05, 0.1) is 47.3 Å². The van der Waals surface area contributed by atoms with E-state index in [2.05, 4.69) is 14.4 Å². The topological polar surface area (TPSA) is 90.3 Å². The number of aromatic nitrogens is 2. The summed E-state index contributed by atoms with van der Waals surface area (Å²) in [6, 6.07) is -0.560. The van der Waals surface area contributed by atoms with Gasteiger partial charge in [0.1, 0.15) is 6.33 Å². The second-order valence-electron chi connectivity index (χ2n) is 5.47. The Bertz CT molecular complexity index is 533. The Balaban J connectivity index is 2.86. The zero-order valence-electron chi connectivity index (χ0n) is 12.1. The number of nitrogens with zero attached hydrogens (tertiary/aromatic N) is 3. The van der Waals surface area contributed by atoms with Crippen LogP contribution in [0.1, 0.15) is 6.42 Å². The molecule has 20 heavy (non-hydrogen) atoms. The smallest absolute Gasteiger partial charge is 0.307 e. The summed E-state index contributed by atoms with van der Waals surface area (Å²) in [6.07, 6.45) is 3.85. The van der Waals surface area contributed by atoms with E-state index < -0.39 is 22.2 Å². The number of rotatable bonds is 7. The normalized spacial score (nSPS) is 14.0. The molecule has 0 aromatic carbocycles. The van der Waals surface area contributed by atoms with Gasteiger partial charge >= 0.3 is 16.2 Å². The lowest BCUT2D eigenvalue weighted by molar-refractivity contribution is -0.871. The predicted molar refractivity (Wildman–Crippen MR) is 73.0 cm³/mol. The van der Waals surface area contributed by atoms with Crippen molar-refractivity contribution in [2.45, 2.75) is 12.5 Å². The molecule has 1 aromatic rings. The zero-order chi connectivity index (χ0) is 15.4. The molecule has 0 saturated heterocycles. The van der Waals surface area contributed by atoms with Gasteiger partial charge in [-0.1, -0.05) is 0 Å². The highest BCUT2D eigenvalue weighted by atomic mass is 32.2. The molecule has 1 unspecified atom stereocenters. The van der Waals surface area contributed by atoms with E-state index in [0.717, 1.165) is 3.97 Å². The first-order valence-corrected chi connectivity index (χ1v) is 7.46. The van der Waals surface area contributed by atoms with E-state index in [9.17, 15) is 13.2 Å². The third kappa shape index (κ3) is 5.27. The van der Waals surface area contributed by atoms with E-state index >= 15 is 0 Å². The Morgan fingerprint density at radius 2 is 2.10 bits per heavy atom. The molecular formula is C11H21N4O4S+. The number of imidazole rings is 1. The number of carbonyl (C=O) groups excluding carboxylic acids is 1. The van der Waals surface area contributed by atoms with Crippen molar-refractivity contribution in [2.24, 2.45) is 0 Å². The van der Waals surface area contributed by atoms with Crippen LogP contribution in [0.3, 0.4) is 0 Å². The van der Waals surface area contributed by atoms with Gasteiger partial charge in [0.2, 0.25) is 0 Å². The molecule has 0 fully saturated rings. The van der Waals surface area contributed by atoms with Gasteiger partial charge in [-0.05, 0) is 0 Å². The second-order valence-corrected chi connectivity index (χ2v) is 7.07. The molecule has 1 rings (SSSR count). The van der Waals surface area contributed by atoms with E-state index in [1.165, 1.54) is 25.8 Å². The summed E-state index contributed by atoms with van der Waals surface area (Å²) < 4.78 is 32.8. The molecule has 0 amide bonds. The summed E-state index contributed by atoms with van der Waals surface area (Å²) in [6.45, 7) is 0.447. The number of likely N-dealkylation sites (N-methyl/N-ethyl adjacent to an activating group) is 1. The van der Waals surface area contributed by atoms with E-state index in [-0.39, 0.29) is 6.42 Å². The van der Waals surface area contributed by atoms with E-state index in [4.69, 9.17) is 0 Å². The number of quaternary nitrogens is 1. The second kappa shape index (κ2) is 6.33. The van der Waals surface area contributed by atoms with Crippen molar-refractivity contribution in [1.29, 1.82) is 0 Å². The molecule has 114 valence electrons. The molecule has 1 N–H and O–H groups in total. The summed E-state index contributed by atoms with van der Waals surface area (Å²) in [5.41, 5.74) is 0. The van der Waals surface area contributed by atoms with Gasteiger partial charge in [-0.15, -0.1) is 0 Å². The molecule has 0 radical (unpaired) electrons. The molecule has 1 aromatic heterocycles. The largest absolute Gasteiger partial charge is 0.469 e. The van der Waals surface area contributed by atoms with Gasteiger partial charge in [-0.2, -0.15) is 13.1 Å². The summed E-state index contributed by atoms with van der Waals surface area (Å²) >= 11 is 0. The minimum absolute atomic E-state index is 0.0278. The minimum atomic E-state index is -3.76. The van der Waals surface area contributed by atoms with Crippen molar-refractivity contribution < 1.29 is 22.4 Å². The van der Waals surface area contributed by atoms with Crippen molar-refractivity contribution in [3.8, 4) is 0 Å². The fraction of sp³-hybridized carbons (Fsp3) is 0.636. The molecule has 8 nitrogen and oxygen atoms in total. The quantitative estimate of drug-likeness (QED) is 0.526. The van der Waals surface area contributed by atoms with Crippen LogP contribution in [-0.2, 0) is 19.7 Å². The number of nitrogens with one attached hydrogen (secondary N) is 1. The van der Waals surface area contributed by atoms with Gasteiger partial charge in [0.15, 0.2) is 0 Å². The highest BCUT2D eigenvalue weighted by Crippen LogP contribution is 2.04. The monoisotopic (exact) mass is 305 g/mol. The van der Waals surface area contributed by atoms with E-state index in [1.54, 1.807) is 0 Å². The van der Waals surface area contributed by atoms with Gasteiger partial charge < -0.3 is 9.22 Å². The maximum atomic E-state index is 12.1. The fourth-order valence-corrected chi connectivity index (χ4v) is 2.84. The van der Waals surface area contributed by atoms with Crippen molar-refractivity contribution in [2.75, 3.05) is 34.8 Å². The van der Waals surface area contributed by atoms with Crippen molar-refractivity contribution >= 4 is 16.2 Å². The number of ether oxygens (including phenoxy) is 1. The van der Waals surface area contributed by atoms with E-state index in [1.807, 2.05) is 21.1 Å². The van der Waals surface area contributed by atoms with Crippen molar-refractivity contribution in [1.82, 2.24) is 13.7 Å². The maximum absolute atomic E-state index is 12.1. The SMILES string of the molecule is COC(=O)CC(C[N+](C)(C)C)NS(=O)(=O)n1ccnc1. The summed E-state index contributed by atoms with van der Waals surface area (Å²) in [5, 5.41) is 0. The zero-order valence-corrected chi connectivity index (χ0v) is 12.9. The van der Waals surface area contributed by atoms with Gasteiger partial charge in [-0.3, -0.25) is 4.79 Å². The fourth-order valence-electron chi connectivity index (χ4n) is 1.75. The Hall–Kier alpha value is -1.45. The number of hydrogen-bond donors (Lipinski definition) is 1. The van der Waals surface area contributed by atoms with Crippen molar-refractivity contribution in [3.63, 3.8) is 0 Å². The standard InChI is InChI=1S/C11H21N4O4S/c1-15(2,3)8-10(7-11(16)19-4)13-20(17,18)14-6-5-12-9-14/h5-6,9-10,13H,7-8H2,1-4H3/q+1. The lowest BCUT2D eigenvalue weighted by Crippen LogP contribution is -2.50.